The fourth-order valence-corrected chi connectivity index (χ4v) is 2.54. The summed E-state index contributed by atoms with van der Waals surface area (Å²) in [6.45, 7) is 7.31. The van der Waals surface area contributed by atoms with E-state index in [9.17, 15) is 0 Å². The molecule has 1 fully saturated rings. The Balaban J connectivity index is 1.81. The Morgan fingerprint density at radius 1 is 1.25 bits per heavy atom. The van der Waals surface area contributed by atoms with Crippen molar-refractivity contribution in [1.82, 2.24) is 5.32 Å². The molecular formula is C18H29NO. The lowest BCUT2D eigenvalue weighted by atomic mass is 9.93. The van der Waals surface area contributed by atoms with Crippen molar-refractivity contribution in [2.24, 2.45) is 5.92 Å². The predicted octanol–water partition coefficient (Wildman–Crippen LogP) is 3.72. The molecule has 1 saturated carbocycles. The van der Waals surface area contributed by atoms with Crippen LogP contribution in [0.1, 0.15) is 43.7 Å². The first-order valence-electron chi connectivity index (χ1n) is 8.15. The topological polar surface area (TPSA) is 21.3 Å². The second-order valence-corrected chi connectivity index (χ2v) is 6.08. The zero-order valence-electron chi connectivity index (χ0n) is 13.0. The largest absolute Gasteiger partial charge is 0.381 e. The zero-order valence-corrected chi connectivity index (χ0v) is 13.0. The highest BCUT2D eigenvalue weighted by atomic mass is 16.5. The first-order valence-corrected chi connectivity index (χ1v) is 8.15. The molecule has 0 spiro atoms. The van der Waals surface area contributed by atoms with Crippen molar-refractivity contribution < 1.29 is 4.74 Å². The van der Waals surface area contributed by atoms with Crippen LogP contribution < -0.4 is 5.32 Å². The van der Waals surface area contributed by atoms with Crippen LogP contribution in [0.5, 0.6) is 0 Å². The first-order chi connectivity index (χ1) is 9.79. The monoisotopic (exact) mass is 275 g/mol. The van der Waals surface area contributed by atoms with Gasteiger partial charge in [0, 0.05) is 19.3 Å². The maximum absolute atomic E-state index is 5.68. The normalized spacial score (nSPS) is 16.3. The maximum Gasteiger partial charge on any atom is 0.0469 e. The molecule has 0 aliphatic heterocycles. The molecule has 0 bridgehead atoms. The van der Waals surface area contributed by atoms with E-state index in [1.165, 1.54) is 30.4 Å². The quantitative estimate of drug-likeness (QED) is 0.657. The minimum Gasteiger partial charge on any atom is -0.381 e. The van der Waals surface area contributed by atoms with Gasteiger partial charge < -0.3 is 10.1 Å². The molecule has 0 aromatic heterocycles. The third-order valence-corrected chi connectivity index (χ3v) is 4.06. The molecular weight excluding hydrogens is 246 g/mol. The van der Waals surface area contributed by atoms with Crippen LogP contribution in [-0.4, -0.2) is 25.8 Å². The van der Waals surface area contributed by atoms with E-state index in [1.807, 2.05) is 0 Å². The van der Waals surface area contributed by atoms with E-state index in [2.05, 4.69) is 43.4 Å². The van der Waals surface area contributed by atoms with E-state index in [4.69, 9.17) is 4.74 Å². The molecule has 2 nitrogen and oxygen atoms in total. The minimum absolute atomic E-state index is 0.688. The summed E-state index contributed by atoms with van der Waals surface area (Å²) in [6.07, 6.45) is 6.17. The first kappa shape index (κ1) is 15.5. The Morgan fingerprint density at radius 3 is 2.75 bits per heavy atom. The number of hydrogen-bond donors (Lipinski definition) is 1. The fraction of sp³-hybridized carbons (Fsp3) is 0.667. The van der Waals surface area contributed by atoms with Crippen LogP contribution in [-0.2, 0) is 11.2 Å². The summed E-state index contributed by atoms with van der Waals surface area (Å²) < 4.78 is 5.68. The van der Waals surface area contributed by atoms with Crippen LogP contribution in [0.2, 0.25) is 0 Å². The summed E-state index contributed by atoms with van der Waals surface area (Å²) in [5, 5.41) is 3.68. The molecule has 0 saturated heterocycles. The summed E-state index contributed by atoms with van der Waals surface area (Å²) >= 11 is 0. The molecule has 20 heavy (non-hydrogen) atoms. The molecule has 1 aliphatic rings. The van der Waals surface area contributed by atoms with Crippen molar-refractivity contribution in [2.45, 2.75) is 52.0 Å². The van der Waals surface area contributed by atoms with Gasteiger partial charge in [0.1, 0.15) is 0 Å². The van der Waals surface area contributed by atoms with Crippen LogP contribution in [0.4, 0.5) is 0 Å². The van der Waals surface area contributed by atoms with Crippen molar-refractivity contribution in [3.63, 3.8) is 0 Å². The third kappa shape index (κ3) is 5.64. The van der Waals surface area contributed by atoms with Gasteiger partial charge in [-0.25, -0.2) is 0 Å². The molecule has 0 radical (unpaired) electrons. The van der Waals surface area contributed by atoms with Gasteiger partial charge in [0.15, 0.2) is 0 Å². The summed E-state index contributed by atoms with van der Waals surface area (Å²) in [6, 6.07) is 9.56. The Hall–Kier alpha value is -0.860. The highest BCUT2D eigenvalue weighted by molar-refractivity contribution is 5.26. The average Bonchev–Trinajstić information content (AvgIpc) is 3.27. The second kappa shape index (κ2) is 8.43. The lowest BCUT2D eigenvalue weighted by molar-refractivity contribution is 0.120. The average molecular weight is 275 g/mol. The van der Waals surface area contributed by atoms with Crippen LogP contribution in [0, 0.1) is 12.8 Å². The van der Waals surface area contributed by atoms with Crippen LogP contribution >= 0.6 is 0 Å². The van der Waals surface area contributed by atoms with Crippen molar-refractivity contribution in [2.75, 3.05) is 19.8 Å². The SMILES string of the molecule is CCCOCCC(CNC1CC1)Cc1ccccc1C. The predicted molar refractivity (Wildman–Crippen MR) is 85.1 cm³/mol. The van der Waals surface area contributed by atoms with E-state index in [0.717, 1.165) is 38.6 Å². The van der Waals surface area contributed by atoms with Gasteiger partial charge in [-0.3, -0.25) is 0 Å². The van der Waals surface area contributed by atoms with Gasteiger partial charge in [-0.2, -0.15) is 0 Å². The number of aryl methyl sites for hydroxylation is 1. The molecule has 1 N–H and O–H groups in total. The molecule has 2 rings (SSSR count). The molecule has 1 aromatic carbocycles. The fourth-order valence-electron chi connectivity index (χ4n) is 2.54. The Kier molecular flexibility index (Phi) is 6.55. The van der Waals surface area contributed by atoms with Crippen molar-refractivity contribution in [3.8, 4) is 0 Å². The van der Waals surface area contributed by atoms with Crippen LogP contribution in [0.3, 0.4) is 0 Å². The van der Waals surface area contributed by atoms with Gasteiger partial charge in [0.05, 0.1) is 0 Å². The standard InChI is InChI=1S/C18H29NO/c1-3-11-20-12-10-16(14-19-18-8-9-18)13-17-7-5-4-6-15(17)2/h4-7,16,18-19H,3,8-14H2,1-2H3. The number of ether oxygens (including phenoxy) is 1. The summed E-state index contributed by atoms with van der Waals surface area (Å²) in [7, 11) is 0. The van der Waals surface area contributed by atoms with Crippen molar-refractivity contribution in [1.29, 1.82) is 0 Å². The maximum atomic E-state index is 5.68. The summed E-state index contributed by atoms with van der Waals surface area (Å²) in [5.41, 5.74) is 2.91. The molecule has 1 atom stereocenters. The summed E-state index contributed by atoms with van der Waals surface area (Å²) in [4.78, 5) is 0. The minimum atomic E-state index is 0.688. The number of nitrogens with one attached hydrogen (secondary N) is 1. The van der Waals surface area contributed by atoms with E-state index < -0.39 is 0 Å². The van der Waals surface area contributed by atoms with Gasteiger partial charge in [-0.05, 0) is 62.6 Å². The molecule has 0 heterocycles. The van der Waals surface area contributed by atoms with Crippen molar-refractivity contribution in [3.05, 3.63) is 35.4 Å². The molecule has 0 amide bonds. The summed E-state index contributed by atoms with van der Waals surface area (Å²) in [5.74, 6) is 0.688. The lowest BCUT2D eigenvalue weighted by Crippen LogP contribution is -2.27. The Labute approximate surface area is 123 Å². The molecule has 2 heteroatoms. The van der Waals surface area contributed by atoms with E-state index in [-0.39, 0.29) is 0 Å². The smallest absolute Gasteiger partial charge is 0.0469 e. The van der Waals surface area contributed by atoms with E-state index in [0.29, 0.717) is 5.92 Å². The zero-order chi connectivity index (χ0) is 14.2. The lowest BCUT2D eigenvalue weighted by Gasteiger charge is -2.19. The number of benzene rings is 1. The highest BCUT2D eigenvalue weighted by Gasteiger charge is 2.22. The third-order valence-electron chi connectivity index (χ3n) is 4.06. The van der Waals surface area contributed by atoms with Crippen molar-refractivity contribution >= 4 is 0 Å². The van der Waals surface area contributed by atoms with Gasteiger partial charge in [0.2, 0.25) is 0 Å². The Morgan fingerprint density at radius 2 is 2.05 bits per heavy atom. The van der Waals surface area contributed by atoms with Gasteiger partial charge in [0.25, 0.3) is 0 Å². The molecule has 1 unspecified atom stereocenters. The van der Waals surface area contributed by atoms with Gasteiger partial charge in [-0.1, -0.05) is 31.2 Å². The van der Waals surface area contributed by atoms with Crippen LogP contribution in [0.25, 0.3) is 0 Å². The van der Waals surface area contributed by atoms with Crippen LogP contribution in [0.15, 0.2) is 24.3 Å². The molecule has 112 valence electrons. The second-order valence-electron chi connectivity index (χ2n) is 6.08. The Bertz CT molecular complexity index is 387. The molecule has 1 aliphatic carbocycles. The highest BCUT2D eigenvalue weighted by Crippen LogP contribution is 2.21. The van der Waals surface area contributed by atoms with E-state index >= 15 is 0 Å². The van der Waals surface area contributed by atoms with E-state index in [1.54, 1.807) is 0 Å². The number of hydrogen-bond acceptors (Lipinski definition) is 2. The van der Waals surface area contributed by atoms with Gasteiger partial charge >= 0.3 is 0 Å². The number of rotatable bonds is 10. The molecule has 1 aromatic rings. The van der Waals surface area contributed by atoms with Gasteiger partial charge in [-0.15, -0.1) is 0 Å².